The highest BCUT2D eigenvalue weighted by Gasteiger charge is 2.36. The van der Waals surface area contributed by atoms with Crippen LogP contribution in [-0.2, 0) is 9.59 Å². The lowest BCUT2D eigenvalue weighted by atomic mass is 10.1. The fourth-order valence-electron chi connectivity index (χ4n) is 3.05. The lowest BCUT2D eigenvalue weighted by Gasteiger charge is -2.26. The Hall–Kier alpha value is -3.77. The van der Waals surface area contributed by atoms with E-state index in [-0.39, 0.29) is 12.2 Å². The highest BCUT2D eigenvalue weighted by Crippen LogP contribution is 2.37. The van der Waals surface area contributed by atoms with E-state index in [2.05, 4.69) is 27.2 Å². The molecule has 4 amide bonds. The third-order valence-electron chi connectivity index (χ3n) is 4.53. The molecule has 0 radical (unpaired) electrons. The molecule has 2 aromatic carbocycles. The Morgan fingerprint density at radius 3 is 2.52 bits per heavy atom. The standard InChI is InChI=1S/C24H21BrN2O6/c1-4-10-32-17-8-6-16(7-9-17)27-23(29)18(22(28)26-24(27)30)12-15-13-19(25)21(33-11-5-2)20(14-15)31-3/h2,6-9,12-14H,4,10-11H2,1,3H3,(H,26,28,30)/b18-12-. The molecule has 33 heavy (non-hydrogen) atoms. The predicted molar refractivity (Wildman–Crippen MR) is 126 cm³/mol. The van der Waals surface area contributed by atoms with Crippen LogP contribution in [0.5, 0.6) is 17.2 Å². The highest BCUT2D eigenvalue weighted by molar-refractivity contribution is 9.10. The summed E-state index contributed by atoms with van der Waals surface area (Å²) in [5.74, 6) is 2.17. The van der Waals surface area contributed by atoms with Crippen molar-refractivity contribution in [3.05, 3.63) is 52.0 Å². The van der Waals surface area contributed by atoms with Crippen LogP contribution >= 0.6 is 15.9 Å². The highest BCUT2D eigenvalue weighted by atomic mass is 79.9. The smallest absolute Gasteiger partial charge is 0.335 e. The Bertz CT molecular complexity index is 1150. The number of nitrogens with zero attached hydrogens (tertiary/aromatic N) is 1. The minimum atomic E-state index is -0.832. The van der Waals surface area contributed by atoms with Crippen LogP contribution in [-0.4, -0.2) is 38.2 Å². The van der Waals surface area contributed by atoms with Gasteiger partial charge < -0.3 is 14.2 Å². The largest absolute Gasteiger partial charge is 0.494 e. The van der Waals surface area contributed by atoms with Gasteiger partial charge in [-0.3, -0.25) is 14.9 Å². The molecule has 1 saturated heterocycles. The van der Waals surface area contributed by atoms with Crippen molar-refractivity contribution in [2.45, 2.75) is 13.3 Å². The van der Waals surface area contributed by atoms with Crippen LogP contribution in [0.3, 0.4) is 0 Å². The van der Waals surface area contributed by atoms with Crippen molar-refractivity contribution in [3.63, 3.8) is 0 Å². The van der Waals surface area contributed by atoms with E-state index in [0.717, 1.165) is 11.3 Å². The summed E-state index contributed by atoms with van der Waals surface area (Å²) in [6.07, 6.45) is 7.46. The quantitative estimate of drug-likeness (QED) is 0.327. The number of hydrogen-bond acceptors (Lipinski definition) is 6. The summed E-state index contributed by atoms with van der Waals surface area (Å²) < 4.78 is 16.9. The number of carbonyl (C=O) groups excluding carboxylic acids is 3. The monoisotopic (exact) mass is 512 g/mol. The molecule has 1 fully saturated rings. The Morgan fingerprint density at radius 1 is 1.15 bits per heavy atom. The Kier molecular flexibility index (Phi) is 7.74. The second-order valence-corrected chi connectivity index (χ2v) is 7.68. The van der Waals surface area contributed by atoms with Gasteiger partial charge in [-0.1, -0.05) is 12.8 Å². The van der Waals surface area contributed by atoms with Gasteiger partial charge in [-0.15, -0.1) is 6.42 Å². The first-order valence-electron chi connectivity index (χ1n) is 9.97. The number of amides is 4. The Morgan fingerprint density at radius 2 is 1.88 bits per heavy atom. The molecule has 170 valence electrons. The van der Waals surface area contributed by atoms with E-state index in [9.17, 15) is 14.4 Å². The molecule has 0 bridgehead atoms. The summed E-state index contributed by atoms with van der Waals surface area (Å²) in [5, 5.41) is 2.20. The predicted octanol–water partition coefficient (Wildman–Crippen LogP) is 3.92. The van der Waals surface area contributed by atoms with Gasteiger partial charge in [0.15, 0.2) is 11.5 Å². The van der Waals surface area contributed by atoms with Crippen LogP contribution in [0.1, 0.15) is 18.9 Å². The molecule has 9 heteroatoms. The maximum atomic E-state index is 13.1. The van der Waals surface area contributed by atoms with Crippen molar-refractivity contribution < 1.29 is 28.6 Å². The molecule has 8 nitrogen and oxygen atoms in total. The second kappa shape index (κ2) is 10.7. The van der Waals surface area contributed by atoms with Gasteiger partial charge in [0.1, 0.15) is 17.9 Å². The number of ether oxygens (including phenoxy) is 3. The van der Waals surface area contributed by atoms with Gasteiger partial charge in [-0.2, -0.15) is 0 Å². The van der Waals surface area contributed by atoms with Gasteiger partial charge in [-0.25, -0.2) is 9.69 Å². The number of methoxy groups -OCH3 is 1. The summed E-state index contributed by atoms with van der Waals surface area (Å²) in [6, 6.07) is 8.86. The zero-order chi connectivity index (χ0) is 24.0. The lowest BCUT2D eigenvalue weighted by Crippen LogP contribution is -2.54. The molecule has 0 saturated carbocycles. The minimum absolute atomic E-state index is 0.0373. The summed E-state index contributed by atoms with van der Waals surface area (Å²) >= 11 is 3.38. The molecule has 0 aromatic heterocycles. The molecule has 1 aliphatic heterocycles. The number of rotatable bonds is 8. The molecule has 0 atom stereocenters. The normalized spacial score (nSPS) is 14.7. The molecule has 1 N–H and O–H groups in total. The zero-order valence-corrected chi connectivity index (χ0v) is 19.6. The van der Waals surface area contributed by atoms with Gasteiger partial charge in [-0.05, 0) is 70.4 Å². The van der Waals surface area contributed by atoms with E-state index < -0.39 is 17.8 Å². The Balaban J connectivity index is 1.94. The number of nitrogens with one attached hydrogen (secondary N) is 1. The number of terminal acetylenes is 1. The average molecular weight is 513 g/mol. The van der Waals surface area contributed by atoms with Crippen LogP contribution in [0, 0.1) is 12.3 Å². The summed E-state index contributed by atoms with van der Waals surface area (Å²) in [7, 11) is 1.45. The molecular weight excluding hydrogens is 492 g/mol. The number of urea groups is 1. The maximum absolute atomic E-state index is 13.1. The first-order valence-corrected chi connectivity index (χ1v) is 10.8. The van der Waals surface area contributed by atoms with Gasteiger partial charge in [0.2, 0.25) is 0 Å². The Labute approximate surface area is 199 Å². The number of barbiturate groups is 1. The number of halogens is 1. The van der Waals surface area contributed by atoms with Crippen molar-refractivity contribution in [3.8, 4) is 29.6 Å². The second-order valence-electron chi connectivity index (χ2n) is 6.83. The summed E-state index contributed by atoms with van der Waals surface area (Å²) in [6.45, 7) is 2.58. The molecule has 2 aromatic rings. The molecule has 0 spiro atoms. The van der Waals surface area contributed by atoms with Gasteiger partial charge in [0.05, 0.1) is 23.9 Å². The molecule has 1 heterocycles. The van der Waals surface area contributed by atoms with Crippen LogP contribution < -0.4 is 24.4 Å². The van der Waals surface area contributed by atoms with Gasteiger partial charge in [0.25, 0.3) is 11.8 Å². The number of carbonyl (C=O) groups is 3. The third-order valence-corrected chi connectivity index (χ3v) is 5.12. The molecular formula is C24H21BrN2O6. The van der Waals surface area contributed by atoms with Crippen molar-refractivity contribution >= 4 is 45.5 Å². The number of hydrogen-bond donors (Lipinski definition) is 1. The minimum Gasteiger partial charge on any atom is -0.494 e. The van der Waals surface area contributed by atoms with Crippen molar-refractivity contribution in [1.29, 1.82) is 0 Å². The van der Waals surface area contributed by atoms with Crippen LogP contribution in [0.4, 0.5) is 10.5 Å². The van der Waals surface area contributed by atoms with Gasteiger partial charge >= 0.3 is 6.03 Å². The SMILES string of the molecule is C#CCOc1c(Br)cc(/C=C2/C(=O)NC(=O)N(c3ccc(OCCC)cc3)C2=O)cc1OC. The first-order chi connectivity index (χ1) is 15.9. The van der Waals surface area contributed by atoms with E-state index >= 15 is 0 Å². The molecule has 0 unspecified atom stereocenters. The van der Waals surface area contributed by atoms with Crippen molar-refractivity contribution in [2.75, 3.05) is 25.2 Å². The maximum Gasteiger partial charge on any atom is 0.335 e. The molecule has 0 aliphatic carbocycles. The van der Waals surface area contributed by atoms with E-state index in [1.807, 2.05) is 6.92 Å². The topological polar surface area (TPSA) is 94.2 Å². The number of imide groups is 2. The third kappa shape index (κ3) is 5.35. The van der Waals surface area contributed by atoms with Crippen molar-refractivity contribution in [1.82, 2.24) is 5.32 Å². The number of benzene rings is 2. The number of anilines is 1. The van der Waals surface area contributed by atoms with Gasteiger partial charge in [0, 0.05) is 0 Å². The summed E-state index contributed by atoms with van der Waals surface area (Å²) in [4.78, 5) is 38.9. The average Bonchev–Trinajstić information content (AvgIpc) is 2.80. The molecule has 1 aliphatic rings. The van der Waals surface area contributed by atoms with E-state index in [4.69, 9.17) is 20.6 Å². The first kappa shape index (κ1) is 23.9. The fraction of sp³-hybridized carbons (Fsp3) is 0.208. The molecule has 3 rings (SSSR count). The lowest BCUT2D eigenvalue weighted by molar-refractivity contribution is -0.122. The zero-order valence-electron chi connectivity index (χ0n) is 18.0. The van der Waals surface area contributed by atoms with Crippen LogP contribution in [0.25, 0.3) is 6.08 Å². The van der Waals surface area contributed by atoms with E-state index in [1.165, 1.54) is 13.2 Å². The van der Waals surface area contributed by atoms with E-state index in [0.29, 0.717) is 39.6 Å². The van der Waals surface area contributed by atoms with Crippen molar-refractivity contribution in [2.24, 2.45) is 0 Å². The van der Waals surface area contributed by atoms with Crippen LogP contribution in [0.2, 0.25) is 0 Å². The summed E-state index contributed by atoms with van der Waals surface area (Å²) in [5.41, 5.74) is 0.562. The van der Waals surface area contributed by atoms with E-state index in [1.54, 1.807) is 36.4 Å². The fourth-order valence-corrected chi connectivity index (χ4v) is 3.62. The van der Waals surface area contributed by atoms with Crippen LogP contribution in [0.15, 0.2) is 46.4 Å².